The number of carbonyl (C=O) groups excluding carboxylic acids is 2. The fraction of sp³-hybridized carbons (Fsp3) is 0.783. The molecule has 1 aliphatic carbocycles. The molecular weight excluding hydrogens is 380 g/mol. The van der Waals surface area contributed by atoms with E-state index in [1.54, 1.807) is 9.58 Å². The highest BCUT2D eigenvalue weighted by atomic mass is 16.6. The molecule has 7 heteroatoms. The van der Waals surface area contributed by atoms with Crippen LogP contribution in [0.5, 0.6) is 0 Å². The normalized spacial score (nSPS) is 27.8. The summed E-state index contributed by atoms with van der Waals surface area (Å²) in [6, 6.07) is 0.280. The minimum absolute atomic E-state index is 0.0590. The van der Waals surface area contributed by atoms with Crippen LogP contribution in [0.3, 0.4) is 0 Å². The molecule has 2 aliphatic heterocycles. The number of hydrogen-bond acceptors (Lipinski definition) is 4. The van der Waals surface area contributed by atoms with E-state index < -0.39 is 5.60 Å². The number of rotatable bonds is 1. The molecule has 1 saturated heterocycles. The summed E-state index contributed by atoms with van der Waals surface area (Å²) in [5.41, 5.74) is 2.34. The van der Waals surface area contributed by atoms with E-state index in [0.29, 0.717) is 25.2 Å². The number of aromatic nitrogens is 2. The Balaban J connectivity index is 1.59. The first-order chi connectivity index (χ1) is 13.8. The van der Waals surface area contributed by atoms with E-state index in [9.17, 15) is 9.59 Å². The molecule has 2 amide bonds. The molecular formula is C23H36N4O3. The lowest BCUT2D eigenvalue weighted by Gasteiger charge is -2.39. The van der Waals surface area contributed by atoms with Crippen LogP contribution >= 0.6 is 0 Å². The highest BCUT2D eigenvalue weighted by Crippen LogP contribution is 2.52. The van der Waals surface area contributed by atoms with Crippen molar-refractivity contribution >= 4 is 12.0 Å². The summed E-state index contributed by atoms with van der Waals surface area (Å²) in [5.74, 6) is 0.0590. The first-order valence-electron chi connectivity index (χ1n) is 11.1. The monoisotopic (exact) mass is 416 g/mol. The molecule has 2 atom stereocenters. The number of ether oxygens (including phenoxy) is 1. The van der Waals surface area contributed by atoms with Crippen LogP contribution < -0.4 is 0 Å². The lowest BCUT2D eigenvalue weighted by Crippen LogP contribution is -2.41. The third-order valence-electron chi connectivity index (χ3n) is 6.73. The second-order valence-electron chi connectivity index (χ2n) is 11.7. The van der Waals surface area contributed by atoms with Crippen LogP contribution in [0.15, 0.2) is 0 Å². The molecule has 2 unspecified atom stereocenters. The summed E-state index contributed by atoms with van der Waals surface area (Å²) >= 11 is 0. The van der Waals surface area contributed by atoms with Gasteiger partial charge in [-0.1, -0.05) is 20.8 Å². The molecule has 7 nitrogen and oxygen atoms in total. The number of nitrogens with zero attached hydrogens (tertiary/aromatic N) is 4. The van der Waals surface area contributed by atoms with Crippen LogP contribution in [0.4, 0.5) is 4.79 Å². The van der Waals surface area contributed by atoms with Gasteiger partial charge in [-0.15, -0.1) is 0 Å². The average Bonchev–Trinajstić information content (AvgIpc) is 3.03. The Morgan fingerprint density at radius 3 is 2.53 bits per heavy atom. The Labute approximate surface area is 179 Å². The van der Waals surface area contributed by atoms with Gasteiger partial charge in [-0.05, 0) is 50.9 Å². The second-order valence-corrected chi connectivity index (χ2v) is 11.7. The predicted octanol–water partition coefficient (Wildman–Crippen LogP) is 3.75. The van der Waals surface area contributed by atoms with Crippen LogP contribution in [0.2, 0.25) is 0 Å². The van der Waals surface area contributed by atoms with E-state index >= 15 is 0 Å². The van der Waals surface area contributed by atoms with Crippen molar-refractivity contribution in [3.63, 3.8) is 0 Å². The van der Waals surface area contributed by atoms with Gasteiger partial charge in [0.05, 0.1) is 12.2 Å². The van der Waals surface area contributed by atoms with Crippen molar-refractivity contribution in [2.24, 2.45) is 17.9 Å². The maximum Gasteiger partial charge on any atom is 0.410 e. The maximum atomic E-state index is 13.7. The molecule has 1 aromatic heterocycles. The van der Waals surface area contributed by atoms with Gasteiger partial charge in [0.15, 0.2) is 0 Å². The Morgan fingerprint density at radius 1 is 1.17 bits per heavy atom. The van der Waals surface area contributed by atoms with Crippen molar-refractivity contribution in [3.8, 4) is 0 Å². The van der Waals surface area contributed by atoms with Crippen molar-refractivity contribution < 1.29 is 14.3 Å². The molecule has 0 aromatic carbocycles. The lowest BCUT2D eigenvalue weighted by molar-refractivity contribution is 0.0221. The molecule has 0 N–H and O–H groups in total. The van der Waals surface area contributed by atoms with E-state index in [1.807, 2.05) is 27.8 Å². The third-order valence-corrected chi connectivity index (χ3v) is 6.73. The smallest absolute Gasteiger partial charge is 0.410 e. The summed E-state index contributed by atoms with van der Waals surface area (Å²) in [5, 5.41) is 4.63. The molecule has 30 heavy (non-hydrogen) atoms. The molecule has 166 valence electrons. The van der Waals surface area contributed by atoms with E-state index in [1.165, 1.54) is 0 Å². The summed E-state index contributed by atoms with van der Waals surface area (Å²) in [4.78, 5) is 30.1. The number of carbonyl (C=O) groups is 2. The van der Waals surface area contributed by atoms with Gasteiger partial charge >= 0.3 is 6.09 Å². The lowest BCUT2D eigenvalue weighted by atomic mass is 9.65. The number of likely N-dealkylation sites (tertiary alicyclic amines) is 1. The summed E-state index contributed by atoms with van der Waals surface area (Å²) < 4.78 is 7.28. The number of hydrogen-bond donors (Lipinski definition) is 0. The second kappa shape index (κ2) is 6.72. The zero-order chi connectivity index (χ0) is 22.1. The van der Waals surface area contributed by atoms with Gasteiger partial charge in [0.25, 0.3) is 5.91 Å². The van der Waals surface area contributed by atoms with Gasteiger partial charge < -0.3 is 14.5 Å². The zero-order valence-corrected chi connectivity index (χ0v) is 19.5. The largest absolute Gasteiger partial charge is 0.444 e. The van der Waals surface area contributed by atoms with Crippen LogP contribution in [-0.4, -0.2) is 56.3 Å². The molecule has 3 heterocycles. The molecule has 0 spiro atoms. The van der Waals surface area contributed by atoms with E-state index in [2.05, 4.69) is 30.8 Å². The van der Waals surface area contributed by atoms with Gasteiger partial charge in [-0.2, -0.15) is 5.10 Å². The first-order valence-corrected chi connectivity index (χ1v) is 11.1. The van der Waals surface area contributed by atoms with Crippen LogP contribution in [0.25, 0.3) is 0 Å². The average molecular weight is 417 g/mol. The molecule has 0 radical (unpaired) electrons. The number of fused-ring (bicyclic) bond motifs is 3. The van der Waals surface area contributed by atoms with Gasteiger partial charge in [-0.25, -0.2) is 4.79 Å². The molecule has 2 bridgehead atoms. The fourth-order valence-corrected chi connectivity index (χ4v) is 6.08. The van der Waals surface area contributed by atoms with Crippen molar-refractivity contribution in [1.82, 2.24) is 19.6 Å². The Bertz CT molecular complexity index is 882. The van der Waals surface area contributed by atoms with Crippen LogP contribution in [0.1, 0.15) is 82.6 Å². The van der Waals surface area contributed by atoms with Crippen LogP contribution in [-0.2, 0) is 24.8 Å². The Morgan fingerprint density at radius 2 is 1.87 bits per heavy atom. The van der Waals surface area contributed by atoms with E-state index in [0.717, 1.165) is 37.1 Å². The first kappa shape index (κ1) is 21.2. The molecule has 1 saturated carbocycles. The maximum absolute atomic E-state index is 13.7. The van der Waals surface area contributed by atoms with Crippen molar-refractivity contribution in [3.05, 3.63) is 17.0 Å². The quantitative estimate of drug-likeness (QED) is 0.699. The summed E-state index contributed by atoms with van der Waals surface area (Å²) in [6.45, 7) is 14.3. The van der Waals surface area contributed by atoms with Crippen molar-refractivity contribution in [1.29, 1.82) is 0 Å². The summed E-state index contributed by atoms with van der Waals surface area (Å²) in [6.07, 6.45) is 3.58. The minimum Gasteiger partial charge on any atom is -0.444 e. The highest BCUT2D eigenvalue weighted by Gasteiger charge is 2.51. The molecule has 1 aromatic rings. The molecule has 4 rings (SSSR count). The van der Waals surface area contributed by atoms with Gasteiger partial charge in [-0.3, -0.25) is 9.48 Å². The van der Waals surface area contributed by atoms with Crippen molar-refractivity contribution in [2.45, 2.75) is 85.4 Å². The SMILES string of the molecule is Cn1nc2c(c1C(=O)N1CC3(C)CC1CC(C)(C)C3)CN(C(=O)OC(C)(C)C)CC2. The highest BCUT2D eigenvalue weighted by molar-refractivity contribution is 5.95. The van der Waals surface area contributed by atoms with E-state index in [4.69, 9.17) is 4.74 Å². The minimum atomic E-state index is -0.541. The van der Waals surface area contributed by atoms with Gasteiger partial charge in [0, 0.05) is 38.2 Å². The topological polar surface area (TPSA) is 67.7 Å². The standard InChI is InChI=1S/C23H36N4O3/c1-21(2,3)30-20(29)26-9-8-17-16(12-26)18(25(7)24-17)19(28)27-14-23(6)11-15(27)10-22(4,5)13-23/h15H,8-14H2,1-7H3. The molecule has 3 aliphatic rings. The number of aryl methyl sites for hydroxylation is 1. The van der Waals surface area contributed by atoms with Gasteiger partial charge in [0.1, 0.15) is 11.3 Å². The van der Waals surface area contributed by atoms with Crippen LogP contribution in [0, 0.1) is 10.8 Å². The van der Waals surface area contributed by atoms with Gasteiger partial charge in [0.2, 0.25) is 0 Å². The fourth-order valence-electron chi connectivity index (χ4n) is 6.08. The zero-order valence-electron chi connectivity index (χ0n) is 19.5. The molecule has 2 fully saturated rings. The third kappa shape index (κ3) is 3.83. The Hall–Kier alpha value is -2.05. The van der Waals surface area contributed by atoms with E-state index in [-0.39, 0.29) is 28.9 Å². The summed E-state index contributed by atoms with van der Waals surface area (Å²) in [7, 11) is 1.84. The Kier molecular flexibility index (Phi) is 4.75. The van der Waals surface area contributed by atoms with Crippen molar-refractivity contribution in [2.75, 3.05) is 13.1 Å². The predicted molar refractivity (Wildman–Crippen MR) is 114 cm³/mol. The number of amides is 2.